The molecule has 2 heterocycles. The number of hydrogen-bond acceptors (Lipinski definition) is 4. The molecule has 0 aliphatic rings. The van der Waals surface area contributed by atoms with Gasteiger partial charge in [-0.3, -0.25) is 9.48 Å². The van der Waals surface area contributed by atoms with Gasteiger partial charge < -0.3 is 10.4 Å². The van der Waals surface area contributed by atoms with E-state index in [1.54, 1.807) is 23.0 Å². The van der Waals surface area contributed by atoms with E-state index < -0.39 is 11.4 Å². The van der Waals surface area contributed by atoms with E-state index in [9.17, 15) is 14.7 Å². The SMILES string of the molecule is CC(C)n1cc(-c2ccc(NC(=O)C(C)(C)C)nc2)c(C(=O)O)n1. The number of aromatic carboxylic acids is 1. The minimum Gasteiger partial charge on any atom is -0.476 e. The molecule has 0 aliphatic heterocycles. The Balaban J connectivity index is 2.31. The maximum Gasteiger partial charge on any atom is 0.357 e. The summed E-state index contributed by atoms with van der Waals surface area (Å²) in [6.07, 6.45) is 3.23. The van der Waals surface area contributed by atoms with Gasteiger partial charge in [-0.15, -0.1) is 0 Å². The molecule has 0 saturated heterocycles. The lowest BCUT2D eigenvalue weighted by Crippen LogP contribution is -2.27. The van der Waals surface area contributed by atoms with Crippen LogP contribution in [0.25, 0.3) is 11.1 Å². The van der Waals surface area contributed by atoms with Gasteiger partial charge in [0.25, 0.3) is 0 Å². The molecule has 2 N–H and O–H groups in total. The average molecular weight is 330 g/mol. The molecule has 1 amide bonds. The lowest BCUT2D eigenvalue weighted by atomic mass is 9.96. The second-order valence-electron chi connectivity index (χ2n) is 6.91. The van der Waals surface area contributed by atoms with Crippen LogP contribution in [0.15, 0.2) is 24.5 Å². The molecule has 0 unspecified atom stereocenters. The van der Waals surface area contributed by atoms with Crippen LogP contribution < -0.4 is 5.32 Å². The van der Waals surface area contributed by atoms with Gasteiger partial charge in [0.2, 0.25) is 5.91 Å². The van der Waals surface area contributed by atoms with Crippen molar-refractivity contribution >= 4 is 17.7 Å². The molecule has 0 bridgehead atoms. The van der Waals surface area contributed by atoms with Crippen LogP contribution in [0.3, 0.4) is 0 Å². The van der Waals surface area contributed by atoms with E-state index in [2.05, 4.69) is 15.4 Å². The molecule has 7 nitrogen and oxygen atoms in total. The van der Waals surface area contributed by atoms with Gasteiger partial charge in [0, 0.05) is 35.0 Å². The van der Waals surface area contributed by atoms with Crippen LogP contribution in [0, 0.1) is 5.41 Å². The molecular weight excluding hydrogens is 308 g/mol. The predicted octanol–water partition coefficient (Wildman–Crippen LogP) is 3.21. The first-order chi connectivity index (χ1) is 11.1. The highest BCUT2D eigenvalue weighted by Crippen LogP contribution is 2.25. The number of amides is 1. The molecule has 0 fully saturated rings. The number of carbonyl (C=O) groups is 2. The number of pyridine rings is 1. The zero-order chi connectivity index (χ0) is 18.1. The zero-order valence-electron chi connectivity index (χ0n) is 14.5. The summed E-state index contributed by atoms with van der Waals surface area (Å²) in [5.74, 6) is -0.803. The van der Waals surface area contributed by atoms with Crippen LogP contribution in [0.1, 0.15) is 51.1 Å². The summed E-state index contributed by atoms with van der Waals surface area (Å²) in [5, 5.41) is 16.2. The first kappa shape index (κ1) is 17.7. The molecule has 0 saturated carbocycles. The Morgan fingerprint density at radius 3 is 2.38 bits per heavy atom. The molecule has 0 atom stereocenters. The molecule has 0 aromatic carbocycles. The maximum absolute atomic E-state index is 12.0. The van der Waals surface area contributed by atoms with Gasteiger partial charge in [-0.25, -0.2) is 9.78 Å². The third kappa shape index (κ3) is 3.79. The number of nitrogens with zero attached hydrogens (tertiary/aromatic N) is 3. The molecule has 128 valence electrons. The van der Waals surface area contributed by atoms with Crippen molar-refractivity contribution in [1.82, 2.24) is 14.8 Å². The number of carboxylic acid groups (broad SMARTS) is 1. The molecule has 24 heavy (non-hydrogen) atoms. The minimum atomic E-state index is -1.09. The summed E-state index contributed by atoms with van der Waals surface area (Å²) in [7, 11) is 0. The Labute approximate surface area is 140 Å². The van der Waals surface area contributed by atoms with Crippen molar-refractivity contribution in [2.75, 3.05) is 5.32 Å². The smallest absolute Gasteiger partial charge is 0.357 e. The number of carboxylic acids is 1. The second kappa shape index (κ2) is 6.43. The van der Waals surface area contributed by atoms with E-state index in [0.29, 0.717) is 16.9 Å². The van der Waals surface area contributed by atoms with Crippen molar-refractivity contribution in [1.29, 1.82) is 0 Å². The fourth-order valence-electron chi connectivity index (χ4n) is 1.96. The largest absolute Gasteiger partial charge is 0.476 e. The Bertz CT molecular complexity index is 755. The number of anilines is 1. The number of aromatic nitrogens is 3. The first-order valence-electron chi connectivity index (χ1n) is 7.70. The fourth-order valence-corrected chi connectivity index (χ4v) is 1.96. The third-order valence-electron chi connectivity index (χ3n) is 3.46. The van der Waals surface area contributed by atoms with E-state index in [0.717, 1.165) is 0 Å². The molecular formula is C17H22N4O3. The summed E-state index contributed by atoms with van der Waals surface area (Å²) >= 11 is 0. The fraction of sp³-hybridized carbons (Fsp3) is 0.412. The van der Waals surface area contributed by atoms with Gasteiger partial charge in [0.05, 0.1) is 0 Å². The molecule has 0 radical (unpaired) electrons. The van der Waals surface area contributed by atoms with Crippen LogP contribution in [0.4, 0.5) is 5.82 Å². The number of hydrogen-bond donors (Lipinski definition) is 2. The van der Waals surface area contributed by atoms with Crippen LogP contribution in [-0.4, -0.2) is 31.7 Å². The standard InChI is InChI=1S/C17H22N4O3/c1-10(2)21-9-12(14(20-21)15(22)23)11-6-7-13(18-8-11)19-16(24)17(3,4)5/h6-10H,1-5H3,(H,22,23)(H,18,19,24). The van der Waals surface area contributed by atoms with Gasteiger partial charge in [-0.05, 0) is 26.0 Å². The van der Waals surface area contributed by atoms with Crippen LogP contribution in [0.2, 0.25) is 0 Å². The van der Waals surface area contributed by atoms with Crippen molar-refractivity contribution in [3.8, 4) is 11.1 Å². The van der Waals surface area contributed by atoms with Crippen molar-refractivity contribution in [3.63, 3.8) is 0 Å². The lowest BCUT2D eigenvalue weighted by Gasteiger charge is -2.17. The quantitative estimate of drug-likeness (QED) is 0.897. The van der Waals surface area contributed by atoms with Crippen molar-refractivity contribution in [2.45, 2.75) is 40.7 Å². The summed E-state index contributed by atoms with van der Waals surface area (Å²) in [6.45, 7) is 9.29. The molecule has 0 aliphatic carbocycles. The number of nitrogens with one attached hydrogen (secondary N) is 1. The van der Waals surface area contributed by atoms with E-state index in [1.807, 2.05) is 34.6 Å². The van der Waals surface area contributed by atoms with E-state index >= 15 is 0 Å². The summed E-state index contributed by atoms with van der Waals surface area (Å²) in [6, 6.07) is 3.42. The van der Waals surface area contributed by atoms with Gasteiger partial charge >= 0.3 is 5.97 Å². The van der Waals surface area contributed by atoms with Crippen LogP contribution >= 0.6 is 0 Å². The first-order valence-corrected chi connectivity index (χ1v) is 7.70. The summed E-state index contributed by atoms with van der Waals surface area (Å²) in [5.41, 5.74) is 0.595. The summed E-state index contributed by atoms with van der Waals surface area (Å²) in [4.78, 5) is 27.6. The van der Waals surface area contributed by atoms with Gasteiger partial charge in [0.15, 0.2) is 5.69 Å². The molecule has 0 spiro atoms. The predicted molar refractivity (Wildman–Crippen MR) is 90.9 cm³/mol. The average Bonchev–Trinajstić information content (AvgIpc) is 2.92. The van der Waals surface area contributed by atoms with Gasteiger partial charge in [-0.1, -0.05) is 20.8 Å². The van der Waals surface area contributed by atoms with Gasteiger partial charge in [-0.2, -0.15) is 5.10 Å². The minimum absolute atomic E-state index is 0.0167. The molecule has 2 aromatic heterocycles. The second-order valence-corrected chi connectivity index (χ2v) is 6.91. The summed E-state index contributed by atoms with van der Waals surface area (Å²) < 4.78 is 1.61. The highest BCUT2D eigenvalue weighted by Gasteiger charge is 2.22. The van der Waals surface area contributed by atoms with Crippen LogP contribution in [-0.2, 0) is 4.79 Å². The number of carbonyl (C=O) groups excluding carboxylic acids is 1. The highest BCUT2D eigenvalue weighted by atomic mass is 16.4. The highest BCUT2D eigenvalue weighted by molar-refractivity contribution is 5.95. The van der Waals surface area contributed by atoms with Crippen molar-refractivity contribution in [3.05, 3.63) is 30.2 Å². The Hall–Kier alpha value is -2.70. The number of rotatable bonds is 4. The van der Waals surface area contributed by atoms with Gasteiger partial charge in [0.1, 0.15) is 5.82 Å². The topological polar surface area (TPSA) is 97.1 Å². The zero-order valence-corrected chi connectivity index (χ0v) is 14.5. The Morgan fingerprint density at radius 2 is 1.92 bits per heavy atom. The normalized spacial score (nSPS) is 11.6. The van der Waals surface area contributed by atoms with Crippen molar-refractivity contribution in [2.24, 2.45) is 5.41 Å². The Kier molecular flexibility index (Phi) is 4.73. The molecule has 7 heteroatoms. The molecule has 2 rings (SSSR count). The third-order valence-corrected chi connectivity index (χ3v) is 3.46. The molecule has 2 aromatic rings. The van der Waals surface area contributed by atoms with Crippen molar-refractivity contribution < 1.29 is 14.7 Å². The maximum atomic E-state index is 12.0. The van der Waals surface area contributed by atoms with E-state index in [-0.39, 0.29) is 17.6 Å². The lowest BCUT2D eigenvalue weighted by molar-refractivity contribution is -0.123. The van der Waals surface area contributed by atoms with E-state index in [4.69, 9.17) is 0 Å². The monoisotopic (exact) mass is 330 g/mol. The Morgan fingerprint density at radius 1 is 1.25 bits per heavy atom. The van der Waals surface area contributed by atoms with Crippen LogP contribution in [0.5, 0.6) is 0 Å². The van der Waals surface area contributed by atoms with E-state index in [1.165, 1.54) is 6.20 Å².